The minimum absolute atomic E-state index is 0.372. The van der Waals surface area contributed by atoms with Gasteiger partial charge in [-0.05, 0) is 63.8 Å². The van der Waals surface area contributed by atoms with Crippen LogP contribution in [0.4, 0.5) is 0 Å². The molecule has 14 heavy (non-hydrogen) atoms. The Morgan fingerprint density at radius 3 is 2.21 bits per heavy atom. The molecule has 2 aliphatic rings. The van der Waals surface area contributed by atoms with Gasteiger partial charge < -0.3 is 11.1 Å². The van der Waals surface area contributed by atoms with Crippen LogP contribution in [-0.2, 0) is 0 Å². The Bertz CT molecular complexity index is 159. The van der Waals surface area contributed by atoms with Crippen molar-refractivity contribution >= 4 is 0 Å². The molecule has 0 spiro atoms. The molecule has 0 aromatic heterocycles. The topological polar surface area (TPSA) is 38.0 Å². The lowest BCUT2D eigenvalue weighted by atomic mass is 10.1. The second-order valence-electron chi connectivity index (χ2n) is 5.27. The molecule has 2 aliphatic carbocycles. The zero-order valence-corrected chi connectivity index (χ0v) is 9.34. The third kappa shape index (κ3) is 3.25. The molecule has 0 aromatic carbocycles. The van der Waals surface area contributed by atoms with Gasteiger partial charge in [-0.2, -0.15) is 0 Å². The van der Waals surface area contributed by atoms with E-state index in [1.54, 1.807) is 0 Å². The first-order chi connectivity index (χ1) is 6.77. The fourth-order valence-corrected chi connectivity index (χ4v) is 2.32. The van der Waals surface area contributed by atoms with Crippen molar-refractivity contribution < 1.29 is 0 Å². The van der Waals surface area contributed by atoms with Gasteiger partial charge in [-0.3, -0.25) is 0 Å². The highest BCUT2D eigenvalue weighted by Gasteiger charge is 2.40. The van der Waals surface area contributed by atoms with Gasteiger partial charge in [-0.15, -0.1) is 0 Å². The highest BCUT2D eigenvalue weighted by atomic mass is 14.9. The Labute approximate surface area is 87.6 Å². The Kier molecular flexibility index (Phi) is 3.45. The van der Waals surface area contributed by atoms with Crippen molar-refractivity contribution in [3.8, 4) is 0 Å². The summed E-state index contributed by atoms with van der Waals surface area (Å²) in [7, 11) is 0. The smallest absolute Gasteiger partial charge is 0.0124 e. The van der Waals surface area contributed by atoms with Gasteiger partial charge in [-0.25, -0.2) is 0 Å². The largest absolute Gasteiger partial charge is 0.328 e. The van der Waals surface area contributed by atoms with Crippen LogP contribution in [0.25, 0.3) is 0 Å². The first kappa shape index (κ1) is 10.4. The highest BCUT2D eigenvalue weighted by molar-refractivity contribution is 4.96. The van der Waals surface area contributed by atoms with E-state index in [0.29, 0.717) is 6.04 Å². The number of rotatable bonds is 7. The average molecular weight is 196 g/mol. The van der Waals surface area contributed by atoms with Gasteiger partial charge in [0.2, 0.25) is 0 Å². The van der Waals surface area contributed by atoms with Gasteiger partial charge in [0.05, 0.1) is 0 Å². The molecule has 0 aliphatic heterocycles. The predicted molar refractivity (Wildman–Crippen MR) is 60.1 cm³/mol. The molecule has 0 aromatic rings. The number of hydrogen-bond acceptors (Lipinski definition) is 2. The van der Waals surface area contributed by atoms with E-state index in [2.05, 4.69) is 12.2 Å². The maximum absolute atomic E-state index is 5.73. The molecule has 3 N–H and O–H groups in total. The van der Waals surface area contributed by atoms with Crippen molar-refractivity contribution in [1.29, 1.82) is 0 Å². The molecule has 1 unspecified atom stereocenters. The normalized spacial score (nSPS) is 24.2. The lowest BCUT2D eigenvalue weighted by Crippen LogP contribution is -2.34. The van der Waals surface area contributed by atoms with Gasteiger partial charge in [0.1, 0.15) is 0 Å². The van der Waals surface area contributed by atoms with E-state index < -0.39 is 0 Å². The third-order valence-corrected chi connectivity index (χ3v) is 3.48. The Hall–Kier alpha value is -0.0800. The lowest BCUT2D eigenvalue weighted by molar-refractivity contribution is 0.408. The summed E-state index contributed by atoms with van der Waals surface area (Å²) in [5, 5.41) is 3.74. The van der Waals surface area contributed by atoms with Crippen molar-refractivity contribution in [1.82, 2.24) is 5.32 Å². The van der Waals surface area contributed by atoms with Crippen LogP contribution in [0.3, 0.4) is 0 Å². The number of hydrogen-bond donors (Lipinski definition) is 2. The number of nitrogens with one attached hydrogen (secondary N) is 1. The predicted octanol–water partition coefficient (Wildman–Crippen LogP) is 1.89. The fourth-order valence-electron chi connectivity index (χ4n) is 2.32. The van der Waals surface area contributed by atoms with Crippen LogP contribution in [-0.4, -0.2) is 18.6 Å². The molecule has 2 fully saturated rings. The molecule has 82 valence electrons. The minimum Gasteiger partial charge on any atom is -0.328 e. The summed E-state index contributed by atoms with van der Waals surface area (Å²) < 4.78 is 0. The Morgan fingerprint density at radius 2 is 1.79 bits per heavy atom. The Balaban J connectivity index is 1.57. The zero-order valence-electron chi connectivity index (χ0n) is 9.34. The van der Waals surface area contributed by atoms with Crippen LogP contribution < -0.4 is 11.1 Å². The SMILES string of the molecule is CC(N)CCCNC(C1CC1)C1CC1. The Morgan fingerprint density at radius 1 is 1.21 bits per heavy atom. The van der Waals surface area contributed by atoms with Crippen LogP contribution in [0.5, 0.6) is 0 Å². The maximum atomic E-state index is 5.73. The lowest BCUT2D eigenvalue weighted by Gasteiger charge is -2.17. The van der Waals surface area contributed by atoms with Crippen LogP contribution in [0, 0.1) is 11.8 Å². The summed E-state index contributed by atoms with van der Waals surface area (Å²) in [5.74, 6) is 2.05. The molecular formula is C12H24N2. The molecule has 2 heteroatoms. The summed E-state index contributed by atoms with van der Waals surface area (Å²) in [6, 6.07) is 1.24. The summed E-state index contributed by atoms with van der Waals surface area (Å²) in [5.41, 5.74) is 5.73. The molecule has 0 heterocycles. The van der Waals surface area contributed by atoms with E-state index in [4.69, 9.17) is 5.73 Å². The summed E-state index contributed by atoms with van der Waals surface area (Å²) in [4.78, 5) is 0. The van der Waals surface area contributed by atoms with Gasteiger partial charge in [0.25, 0.3) is 0 Å². The van der Waals surface area contributed by atoms with Crippen molar-refractivity contribution in [2.24, 2.45) is 17.6 Å². The van der Waals surface area contributed by atoms with E-state index >= 15 is 0 Å². The molecule has 0 amide bonds. The van der Waals surface area contributed by atoms with Crippen LogP contribution in [0.2, 0.25) is 0 Å². The van der Waals surface area contributed by atoms with E-state index in [9.17, 15) is 0 Å². The van der Waals surface area contributed by atoms with E-state index in [0.717, 1.165) is 24.3 Å². The summed E-state index contributed by atoms with van der Waals surface area (Å²) in [6.07, 6.45) is 8.30. The second-order valence-corrected chi connectivity index (χ2v) is 5.27. The highest BCUT2D eigenvalue weighted by Crippen LogP contribution is 2.44. The number of nitrogens with two attached hydrogens (primary N) is 1. The third-order valence-electron chi connectivity index (χ3n) is 3.48. The van der Waals surface area contributed by atoms with Gasteiger partial charge in [0, 0.05) is 12.1 Å². The minimum atomic E-state index is 0.372. The molecule has 2 saturated carbocycles. The molecule has 0 saturated heterocycles. The second kappa shape index (κ2) is 4.63. The first-order valence-electron chi connectivity index (χ1n) is 6.26. The summed E-state index contributed by atoms with van der Waals surface area (Å²) >= 11 is 0. The van der Waals surface area contributed by atoms with Crippen LogP contribution in [0.15, 0.2) is 0 Å². The van der Waals surface area contributed by atoms with Gasteiger partial charge >= 0.3 is 0 Å². The summed E-state index contributed by atoms with van der Waals surface area (Å²) in [6.45, 7) is 3.28. The molecular weight excluding hydrogens is 172 g/mol. The standard InChI is InChI=1S/C12H24N2/c1-9(13)3-2-8-14-12(10-4-5-10)11-6-7-11/h9-12,14H,2-8,13H2,1H3. The first-order valence-corrected chi connectivity index (χ1v) is 6.26. The van der Waals surface area contributed by atoms with Gasteiger partial charge in [-0.1, -0.05) is 0 Å². The maximum Gasteiger partial charge on any atom is 0.0124 e. The molecule has 2 nitrogen and oxygen atoms in total. The van der Waals surface area contributed by atoms with E-state index in [1.807, 2.05) is 0 Å². The van der Waals surface area contributed by atoms with E-state index in [1.165, 1.54) is 38.6 Å². The van der Waals surface area contributed by atoms with Gasteiger partial charge in [0.15, 0.2) is 0 Å². The molecule has 1 atom stereocenters. The van der Waals surface area contributed by atoms with E-state index in [-0.39, 0.29) is 0 Å². The molecule has 0 radical (unpaired) electrons. The van der Waals surface area contributed by atoms with Crippen LogP contribution >= 0.6 is 0 Å². The quantitative estimate of drug-likeness (QED) is 0.610. The van der Waals surface area contributed by atoms with Crippen molar-refractivity contribution in [2.75, 3.05) is 6.54 Å². The van der Waals surface area contributed by atoms with Crippen LogP contribution in [0.1, 0.15) is 45.4 Å². The fraction of sp³-hybridized carbons (Fsp3) is 1.00. The molecule has 0 bridgehead atoms. The zero-order chi connectivity index (χ0) is 9.97. The average Bonchev–Trinajstić information content (AvgIpc) is 2.99. The van der Waals surface area contributed by atoms with Crippen molar-refractivity contribution in [2.45, 2.75) is 57.5 Å². The monoisotopic (exact) mass is 196 g/mol. The van der Waals surface area contributed by atoms with Crippen molar-refractivity contribution in [3.63, 3.8) is 0 Å². The van der Waals surface area contributed by atoms with Crippen molar-refractivity contribution in [3.05, 3.63) is 0 Å². The molecule has 2 rings (SSSR count).